The zero-order chi connectivity index (χ0) is 12.4. The van der Waals surface area contributed by atoms with Crippen LogP contribution in [-0.2, 0) is 4.79 Å². The van der Waals surface area contributed by atoms with Crippen molar-refractivity contribution < 1.29 is 9.90 Å². The molecule has 92 valence electrons. The molecule has 0 saturated heterocycles. The maximum atomic E-state index is 10.8. The lowest BCUT2D eigenvalue weighted by molar-refractivity contribution is -0.138. The molecule has 0 fully saturated rings. The normalized spacial score (nSPS) is 14.2. The molecule has 0 aromatic heterocycles. The molecule has 16 heavy (non-hydrogen) atoms. The third-order valence-electron chi connectivity index (χ3n) is 2.02. The second kappa shape index (κ2) is 8.91. The molecule has 0 aliphatic carbocycles. The van der Waals surface area contributed by atoms with Gasteiger partial charge in [0, 0.05) is 6.42 Å². The number of carbonyl (C=O) groups is 1. The van der Waals surface area contributed by atoms with Crippen LogP contribution in [0.1, 0.15) is 32.6 Å². The van der Waals surface area contributed by atoms with Crippen LogP contribution in [0.5, 0.6) is 0 Å². The minimum Gasteiger partial charge on any atom is -0.480 e. The molecule has 0 aromatic carbocycles. The van der Waals surface area contributed by atoms with E-state index in [4.69, 9.17) is 16.6 Å². The van der Waals surface area contributed by atoms with Crippen LogP contribution >= 0.6 is 0 Å². The third-order valence-corrected chi connectivity index (χ3v) is 2.02. The number of hydrogen-bond acceptors (Lipinski definition) is 3. The van der Waals surface area contributed by atoms with Crippen molar-refractivity contribution in [2.45, 2.75) is 38.6 Å². The van der Waals surface area contributed by atoms with Crippen molar-refractivity contribution in [1.82, 2.24) is 0 Å². The molecule has 0 radical (unpaired) electrons. The van der Waals surface area contributed by atoms with Crippen molar-refractivity contribution >= 4 is 11.8 Å². The second-order valence-corrected chi connectivity index (χ2v) is 3.49. The fourth-order valence-electron chi connectivity index (χ4n) is 1.18. The number of hydrogen-bond donors (Lipinski definition) is 3. The van der Waals surface area contributed by atoms with E-state index in [0.29, 0.717) is 31.6 Å². The van der Waals surface area contributed by atoms with Crippen LogP contribution in [-0.4, -0.2) is 29.5 Å². The highest BCUT2D eigenvalue weighted by atomic mass is 16.4. The summed E-state index contributed by atoms with van der Waals surface area (Å²) in [5, 5.41) is 8.90. The Balaban J connectivity index is 4.27. The molecule has 0 aliphatic rings. The topological polar surface area (TPSA) is 102 Å². The quantitative estimate of drug-likeness (QED) is 0.325. The SMILES string of the molecule is CCC=CCC(N)=N[C@@H](CCCN)C(=O)O. The minimum absolute atomic E-state index is 0.356. The molecule has 1 atom stereocenters. The molecule has 0 heterocycles. The fourth-order valence-corrected chi connectivity index (χ4v) is 1.18. The predicted molar refractivity (Wildman–Crippen MR) is 65.4 cm³/mol. The van der Waals surface area contributed by atoms with Crippen molar-refractivity contribution in [2.75, 3.05) is 6.54 Å². The summed E-state index contributed by atoms with van der Waals surface area (Å²) in [6.45, 7) is 2.49. The highest BCUT2D eigenvalue weighted by Gasteiger charge is 2.15. The maximum Gasteiger partial charge on any atom is 0.328 e. The summed E-state index contributed by atoms with van der Waals surface area (Å²) >= 11 is 0. The molecule has 0 amide bonds. The molecule has 5 heteroatoms. The highest BCUT2D eigenvalue weighted by molar-refractivity contribution is 5.85. The van der Waals surface area contributed by atoms with Crippen LogP contribution in [0.25, 0.3) is 0 Å². The van der Waals surface area contributed by atoms with Gasteiger partial charge in [0.1, 0.15) is 6.04 Å². The van der Waals surface area contributed by atoms with Gasteiger partial charge in [0.2, 0.25) is 0 Å². The number of aliphatic imine (C=N–C) groups is 1. The first-order chi connectivity index (χ1) is 7.61. The summed E-state index contributed by atoms with van der Waals surface area (Å²) in [5.41, 5.74) is 11.0. The Bertz CT molecular complexity index is 262. The molecule has 0 unspecified atom stereocenters. The molecule has 5 N–H and O–H groups in total. The van der Waals surface area contributed by atoms with Crippen molar-refractivity contribution in [3.05, 3.63) is 12.2 Å². The number of aliphatic carboxylic acids is 1. The predicted octanol–water partition coefficient (Wildman–Crippen LogP) is 0.892. The van der Waals surface area contributed by atoms with Crippen LogP contribution in [0.3, 0.4) is 0 Å². The zero-order valence-electron chi connectivity index (χ0n) is 9.72. The maximum absolute atomic E-state index is 10.8. The van der Waals surface area contributed by atoms with Gasteiger partial charge in [0.15, 0.2) is 0 Å². The summed E-state index contributed by atoms with van der Waals surface area (Å²) in [4.78, 5) is 14.8. The number of carboxylic acids is 1. The van der Waals surface area contributed by atoms with Crippen molar-refractivity contribution in [3.8, 4) is 0 Å². The largest absolute Gasteiger partial charge is 0.480 e. The zero-order valence-corrected chi connectivity index (χ0v) is 9.72. The lowest BCUT2D eigenvalue weighted by atomic mass is 10.1. The van der Waals surface area contributed by atoms with E-state index < -0.39 is 12.0 Å². The van der Waals surface area contributed by atoms with Crippen LogP contribution in [0.4, 0.5) is 0 Å². The number of amidine groups is 1. The Labute approximate surface area is 96.2 Å². The van der Waals surface area contributed by atoms with E-state index in [9.17, 15) is 4.79 Å². The van der Waals surface area contributed by atoms with Crippen LogP contribution < -0.4 is 11.5 Å². The number of rotatable bonds is 8. The average Bonchev–Trinajstić information content (AvgIpc) is 2.24. The molecular weight excluding hydrogens is 206 g/mol. The Hall–Kier alpha value is -1.36. The summed E-state index contributed by atoms with van der Waals surface area (Å²) in [6.07, 6.45) is 6.37. The van der Waals surface area contributed by atoms with E-state index in [1.165, 1.54) is 0 Å². The lowest BCUT2D eigenvalue weighted by Gasteiger charge is -2.07. The van der Waals surface area contributed by atoms with Gasteiger partial charge in [0.05, 0.1) is 5.84 Å². The van der Waals surface area contributed by atoms with Gasteiger partial charge in [-0.2, -0.15) is 0 Å². The first kappa shape index (κ1) is 14.6. The fraction of sp³-hybridized carbons (Fsp3) is 0.636. The van der Waals surface area contributed by atoms with Gasteiger partial charge in [0.25, 0.3) is 0 Å². The number of carboxylic acid groups (broad SMARTS) is 1. The first-order valence-electron chi connectivity index (χ1n) is 5.51. The Morgan fingerprint density at radius 3 is 2.69 bits per heavy atom. The van der Waals surface area contributed by atoms with E-state index in [1.54, 1.807) is 0 Å². The molecule has 0 rings (SSSR count). The monoisotopic (exact) mass is 227 g/mol. The summed E-state index contributed by atoms with van der Waals surface area (Å²) < 4.78 is 0. The molecule has 0 aromatic rings. The second-order valence-electron chi connectivity index (χ2n) is 3.49. The number of nitrogens with zero attached hydrogens (tertiary/aromatic N) is 1. The highest BCUT2D eigenvalue weighted by Crippen LogP contribution is 2.02. The third kappa shape index (κ3) is 7.00. The summed E-state index contributed by atoms with van der Waals surface area (Å²) in [5.74, 6) is -0.593. The Kier molecular flexibility index (Phi) is 8.15. The van der Waals surface area contributed by atoms with E-state index >= 15 is 0 Å². The van der Waals surface area contributed by atoms with Crippen LogP contribution in [0.15, 0.2) is 17.1 Å². The van der Waals surface area contributed by atoms with E-state index in [1.807, 2.05) is 19.1 Å². The van der Waals surface area contributed by atoms with Crippen molar-refractivity contribution in [1.29, 1.82) is 0 Å². The molecule has 0 spiro atoms. The van der Waals surface area contributed by atoms with E-state index in [2.05, 4.69) is 4.99 Å². The molecule has 0 bridgehead atoms. The lowest BCUT2D eigenvalue weighted by Crippen LogP contribution is -2.23. The van der Waals surface area contributed by atoms with E-state index in [0.717, 1.165) is 6.42 Å². The van der Waals surface area contributed by atoms with Gasteiger partial charge in [-0.25, -0.2) is 4.79 Å². The smallest absolute Gasteiger partial charge is 0.328 e. The van der Waals surface area contributed by atoms with Crippen LogP contribution in [0, 0.1) is 0 Å². The standard InChI is InChI=1S/C11H21N3O2/c1-2-3-4-7-10(13)14-9(11(15)16)6-5-8-12/h3-4,9H,2,5-8,12H2,1H3,(H2,13,14)(H,15,16)/t9-/m0/s1. The Morgan fingerprint density at radius 2 is 2.19 bits per heavy atom. The van der Waals surface area contributed by atoms with Crippen molar-refractivity contribution in [3.63, 3.8) is 0 Å². The first-order valence-corrected chi connectivity index (χ1v) is 5.51. The van der Waals surface area contributed by atoms with Gasteiger partial charge in [-0.05, 0) is 25.8 Å². The van der Waals surface area contributed by atoms with Gasteiger partial charge < -0.3 is 16.6 Å². The van der Waals surface area contributed by atoms with E-state index in [-0.39, 0.29) is 0 Å². The van der Waals surface area contributed by atoms with Gasteiger partial charge in [-0.15, -0.1) is 0 Å². The van der Waals surface area contributed by atoms with Crippen molar-refractivity contribution in [2.24, 2.45) is 16.5 Å². The summed E-state index contributed by atoms with van der Waals surface area (Å²) in [7, 11) is 0. The van der Waals surface area contributed by atoms with Gasteiger partial charge in [-0.1, -0.05) is 19.1 Å². The number of allylic oxidation sites excluding steroid dienone is 1. The Morgan fingerprint density at radius 1 is 1.50 bits per heavy atom. The number of nitrogens with two attached hydrogens (primary N) is 2. The van der Waals surface area contributed by atoms with Gasteiger partial charge in [-0.3, -0.25) is 4.99 Å². The van der Waals surface area contributed by atoms with Gasteiger partial charge >= 0.3 is 5.97 Å². The summed E-state index contributed by atoms with van der Waals surface area (Å²) in [6, 6.07) is -0.765. The molecule has 5 nitrogen and oxygen atoms in total. The molecule has 0 saturated carbocycles. The average molecular weight is 227 g/mol. The van der Waals surface area contributed by atoms with Crippen LogP contribution in [0.2, 0.25) is 0 Å². The minimum atomic E-state index is -0.948. The molecule has 0 aliphatic heterocycles. The molecular formula is C11H21N3O2.